The first-order valence-corrected chi connectivity index (χ1v) is 7.40. The lowest BCUT2D eigenvalue weighted by Crippen LogP contribution is -2.38. The number of hydrogen-bond acceptors (Lipinski definition) is 3. The maximum Gasteiger partial charge on any atom is 0.118 e. The van der Waals surface area contributed by atoms with Gasteiger partial charge in [-0.15, -0.1) is 0 Å². The first-order valence-electron chi connectivity index (χ1n) is 7.40. The van der Waals surface area contributed by atoms with Gasteiger partial charge in [0.05, 0.1) is 7.11 Å². The molecule has 0 spiro atoms. The largest absolute Gasteiger partial charge is 0.497 e. The van der Waals surface area contributed by atoms with E-state index in [1.165, 1.54) is 31.5 Å². The zero-order valence-electron chi connectivity index (χ0n) is 12.2. The summed E-state index contributed by atoms with van der Waals surface area (Å²) in [6.07, 6.45) is 3.78. The number of nitrogens with zero attached hydrogens (tertiary/aromatic N) is 1. The molecular weight excluding hydrogens is 236 g/mol. The number of likely N-dealkylation sites (N-methyl/N-ethyl adjacent to an activating group) is 1. The van der Waals surface area contributed by atoms with Crippen molar-refractivity contribution in [2.75, 3.05) is 33.3 Å². The molecule has 1 aliphatic heterocycles. The second-order valence-electron chi connectivity index (χ2n) is 5.28. The van der Waals surface area contributed by atoms with Gasteiger partial charge in [-0.1, -0.05) is 19.1 Å². The van der Waals surface area contributed by atoms with Gasteiger partial charge in [0, 0.05) is 19.1 Å². The Hall–Kier alpha value is -1.06. The minimum absolute atomic E-state index is 0.704. The van der Waals surface area contributed by atoms with Crippen LogP contribution in [-0.4, -0.2) is 44.2 Å². The van der Waals surface area contributed by atoms with Crippen molar-refractivity contribution >= 4 is 0 Å². The van der Waals surface area contributed by atoms with E-state index >= 15 is 0 Å². The average molecular weight is 262 g/mol. The molecule has 0 saturated carbocycles. The van der Waals surface area contributed by atoms with Crippen LogP contribution in [0.2, 0.25) is 0 Å². The minimum Gasteiger partial charge on any atom is -0.497 e. The fraction of sp³-hybridized carbons (Fsp3) is 0.625. The van der Waals surface area contributed by atoms with E-state index in [4.69, 9.17) is 4.74 Å². The van der Waals surface area contributed by atoms with Crippen LogP contribution >= 0.6 is 0 Å². The van der Waals surface area contributed by atoms with Crippen LogP contribution in [0.25, 0.3) is 0 Å². The molecule has 1 atom stereocenters. The van der Waals surface area contributed by atoms with Crippen LogP contribution in [0.15, 0.2) is 24.3 Å². The molecule has 0 radical (unpaired) electrons. The highest BCUT2D eigenvalue weighted by molar-refractivity contribution is 5.27. The molecule has 1 aliphatic rings. The molecule has 0 bridgehead atoms. The predicted octanol–water partition coefficient (Wildman–Crippen LogP) is 2.31. The van der Waals surface area contributed by atoms with Crippen molar-refractivity contribution in [2.45, 2.75) is 32.2 Å². The molecule has 1 aromatic rings. The number of ether oxygens (including phenoxy) is 1. The number of methoxy groups -OCH3 is 1. The van der Waals surface area contributed by atoms with Gasteiger partial charge in [0.2, 0.25) is 0 Å². The summed E-state index contributed by atoms with van der Waals surface area (Å²) < 4.78 is 5.19. The highest BCUT2D eigenvalue weighted by atomic mass is 16.5. The lowest BCUT2D eigenvalue weighted by molar-refractivity contribution is 0.264. The van der Waals surface area contributed by atoms with Gasteiger partial charge in [-0.25, -0.2) is 0 Å². The molecular formula is C16H26N2O. The Balaban J connectivity index is 1.77. The summed E-state index contributed by atoms with van der Waals surface area (Å²) in [5.74, 6) is 0.936. The Morgan fingerprint density at radius 3 is 2.68 bits per heavy atom. The summed E-state index contributed by atoms with van der Waals surface area (Å²) in [6.45, 7) is 6.91. The van der Waals surface area contributed by atoms with Crippen LogP contribution < -0.4 is 10.1 Å². The number of nitrogens with one attached hydrogen (secondary N) is 1. The van der Waals surface area contributed by atoms with Crippen LogP contribution in [0, 0.1) is 0 Å². The third-order valence-corrected chi connectivity index (χ3v) is 3.96. The van der Waals surface area contributed by atoms with Crippen molar-refractivity contribution in [2.24, 2.45) is 0 Å². The van der Waals surface area contributed by atoms with Crippen molar-refractivity contribution in [1.29, 1.82) is 0 Å². The third-order valence-electron chi connectivity index (χ3n) is 3.96. The SMILES string of the molecule is CCN(CCc1ccc(OC)cc1)CC1CCCN1. The quantitative estimate of drug-likeness (QED) is 0.816. The van der Waals surface area contributed by atoms with Gasteiger partial charge in [-0.05, 0) is 50.0 Å². The molecule has 3 nitrogen and oxygen atoms in total. The summed E-state index contributed by atoms with van der Waals surface area (Å²) in [7, 11) is 1.71. The molecule has 1 fully saturated rings. The molecule has 0 aromatic heterocycles. The Bertz CT molecular complexity index is 358. The normalized spacial score (nSPS) is 19.0. The number of benzene rings is 1. The molecule has 1 unspecified atom stereocenters. The van der Waals surface area contributed by atoms with Crippen LogP contribution in [-0.2, 0) is 6.42 Å². The van der Waals surface area contributed by atoms with Gasteiger partial charge in [0.1, 0.15) is 5.75 Å². The second kappa shape index (κ2) is 7.51. The molecule has 1 heterocycles. The van der Waals surface area contributed by atoms with Gasteiger partial charge in [-0.3, -0.25) is 0 Å². The van der Waals surface area contributed by atoms with E-state index in [0.717, 1.165) is 25.3 Å². The van der Waals surface area contributed by atoms with Crippen LogP contribution in [0.3, 0.4) is 0 Å². The average Bonchev–Trinajstić information content (AvgIpc) is 2.97. The van der Waals surface area contributed by atoms with E-state index in [1.54, 1.807) is 7.11 Å². The first-order chi connectivity index (χ1) is 9.31. The summed E-state index contributed by atoms with van der Waals surface area (Å²) in [6, 6.07) is 9.13. The zero-order valence-corrected chi connectivity index (χ0v) is 12.2. The maximum atomic E-state index is 5.19. The van der Waals surface area contributed by atoms with E-state index in [0.29, 0.717) is 6.04 Å². The lowest BCUT2D eigenvalue weighted by Gasteiger charge is -2.24. The van der Waals surface area contributed by atoms with Gasteiger partial charge in [0.15, 0.2) is 0 Å². The Kier molecular flexibility index (Phi) is 5.67. The standard InChI is InChI=1S/C16H26N2O/c1-3-18(13-15-5-4-11-17-15)12-10-14-6-8-16(19-2)9-7-14/h6-9,15,17H,3-5,10-13H2,1-2H3. The smallest absolute Gasteiger partial charge is 0.118 e. The maximum absolute atomic E-state index is 5.19. The molecule has 106 valence electrons. The monoisotopic (exact) mass is 262 g/mol. The summed E-state index contributed by atoms with van der Waals surface area (Å²) in [5, 5.41) is 3.58. The van der Waals surface area contributed by atoms with Crippen LogP contribution in [0.1, 0.15) is 25.3 Å². The van der Waals surface area contributed by atoms with Crippen molar-refractivity contribution in [1.82, 2.24) is 10.2 Å². The molecule has 1 N–H and O–H groups in total. The zero-order chi connectivity index (χ0) is 13.5. The van der Waals surface area contributed by atoms with E-state index in [1.807, 2.05) is 12.1 Å². The van der Waals surface area contributed by atoms with Crippen molar-refractivity contribution in [3.63, 3.8) is 0 Å². The molecule has 2 rings (SSSR count). The molecule has 1 aromatic carbocycles. The highest BCUT2D eigenvalue weighted by Gasteiger charge is 2.16. The minimum atomic E-state index is 0.704. The van der Waals surface area contributed by atoms with Gasteiger partial charge < -0.3 is 15.0 Å². The lowest BCUT2D eigenvalue weighted by atomic mass is 10.1. The van der Waals surface area contributed by atoms with Crippen molar-refractivity contribution in [3.8, 4) is 5.75 Å². The number of hydrogen-bond donors (Lipinski definition) is 1. The van der Waals surface area contributed by atoms with E-state index in [-0.39, 0.29) is 0 Å². The summed E-state index contributed by atoms with van der Waals surface area (Å²) in [5.41, 5.74) is 1.39. The number of rotatable bonds is 7. The molecule has 3 heteroatoms. The third kappa shape index (κ3) is 4.51. The van der Waals surface area contributed by atoms with Gasteiger partial charge in [-0.2, -0.15) is 0 Å². The fourth-order valence-corrected chi connectivity index (χ4v) is 2.68. The first kappa shape index (κ1) is 14.4. The summed E-state index contributed by atoms with van der Waals surface area (Å²) in [4.78, 5) is 2.55. The molecule has 1 saturated heterocycles. The van der Waals surface area contributed by atoms with Crippen LogP contribution in [0.4, 0.5) is 0 Å². The highest BCUT2D eigenvalue weighted by Crippen LogP contribution is 2.12. The topological polar surface area (TPSA) is 24.5 Å². The van der Waals surface area contributed by atoms with E-state index in [2.05, 4.69) is 29.3 Å². The van der Waals surface area contributed by atoms with E-state index in [9.17, 15) is 0 Å². The molecule has 19 heavy (non-hydrogen) atoms. The van der Waals surface area contributed by atoms with Crippen LogP contribution in [0.5, 0.6) is 5.75 Å². The van der Waals surface area contributed by atoms with E-state index < -0.39 is 0 Å². The Morgan fingerprint density at radius 2 is 2.11 bits per heavy atom. The summed E-state index contributed by atoms with van der Waals surface area (Å²) >= 11 is 0. The van der Waals surface area contributed by atoms with Gasteiger partial charge in [0.25, 0.3) is 0 Å². The van der Waals surface area contributed by atoms with Gasteiger partial charge >= 0.3 is 0 Å². The fourth-order valence-electron chi connectivity index (χ4n) is 2.68. The molecule has 0 amide bonds. The Morgan fingerprint density at radius 1 is 1.32 bits per heavy atom. The molecule has 0 aliphatic carbocycles. The Labute approximate surface area is 116 Å². The van der Waals surface area contributed by atoms with Crippen molar-refractivity contribution in [3.05, 3.63) is 29.8 Å². The predicted molar refractivity (Wildman–Crippen MR) is 79.8 cm³/mol. The second-order valence-corrected chi connectivity index (χ2v) is 5.28. The van der Waals surface area contributed by atoms with Crippen molar-refractivity contribution < 1.29 is 4.74 Å².